The lowest BCUT2D eigenvalue weighted by Crippen LogP contribution is -2.44. The Morgan fingerprint density at radius 1 is 1.34 bits per heavy atom. The monoisotopic (exact) mass is 395 g/mol. The second-order valence-electron chi connectivity index (χ2n) is 7.46. The first kappa shape index (κ1) is 19.2. The lowest BCUT2D eigenvalue weighted by Gasteiger charge is -2.31. The van der Waals surface area contributed by atoms with Crippen LogP contribution in [0.2, 0.25) is 0 Å². The molecule has 8 heteroatoms. The summed E-state index contributed by atoms with van der Waals surface area (Å²) >= 11 is 0. The van der Waals surface area contributed by atoms with Crippen LogP contribution in [-0.2, 0) is 13.1 Å². The molecule has 29 heavy (non-hydrogen) atoms. The Balaban J connectivity index is 1.71. The number of Topliss-reactive ketones (excluding diaryl/α,β-unsaturated/α-hetero) is 1. The molecule has 3 N–H and O–H groups in total. The van der Waals surface area contributed by atoms with Gasteiger partial charge in [0, 0.05) is 37.4 Å². The number of anilines is 1. The smallest absolute Gasteiger partial charge is 0.277 e. The summed E-state index contributed by atoms with van der Waals surface area (Å²) in [5, 5.41) is 9.59. The van der Waals surface area contributed by atoms with Gasteiger partial charge >= 0.3 is 0 Å². The molecule has 0 radical (unpaired) electrons. The summed E-state index contributed by atoms with van der Waals surface area (Å²) in [5.41, 5.74) is 7.35. The van der Waals surface area contributed by atoms with Gasteiger partial charge < -0.3 is 24.9 Å². The molecule has 1 aliphatic heterocycles. The number of nitrogens with zero attached hydrogens (tertiary/aromatic N) is 4. The van der Waals surface area contributed by atoms with Crippen molar-refractivity contribution >= 4 is 22.8 Å². The number of nitrogens with two attached hydrogens (primary N) is 1. The van der Waals surface area contributed by atoms with Crippen LogP contribution in [0.5, 0.6) is 5.75 Å². The zero-order valence-electron chi connectivity index (χ0n) is 16.4. The second kappa shape index (κ2) is 7.71. The van der Waals surface area contributed by atoms with Crippen LogP contribution < -0.4 is 16.2 Å². The number of rotatable bonds is 5. The Labute approximate surface area is 168 Å². The van der Waals surface area contributed by atoms with Crippen molar-refractivity contribution in [1.29, 1.82) is 0 Å². The van der Waals surface area contributed by atoms with Crippen LogP contribution in [-0.4, -0.2) is 44.1 Å². The van der Waals surface area contributed by atoms with E-state index in [9.17, 15) is 14.7 Å². The normalized spacial score (nSPS) is 17.0. The van der Waals surface area contributed by atoms with Gasteiger partial charge in [0.25, 0.3) is 5.56 Å². The van der Waals surface area contributed by atoms with Crippen LogP contribution in [0, 0.1) is 0 Å². The molecule has 0 aliphatic carbocycles. The lowest BCUT2D eigenvalue weighted by molar-refractivity contribution is 0.0970. The zero-order chi connectivity index (χ0) is 20.5. The second-order valence-corrected chi connectivity index (χ2v) is 7.46. The number of phenolic OH excluding ortho intramolecular Hbond substituents is 1. The molecule has 2 aromatic heterocycles. The SMILES string of the molecule is CCn1c(N2CCCC(N)C2)nc2ccn(CC(=O)c3cccc(O)c3)c(=O)c21. The fraction of sp³-hybridized carbons (Fsp3) is 0.381. The number of phenols is 1. The maximum Gasteiger partial charge on any atom is 0.277 e. The van der Waals surface area contributed by atoms with Crippen LogP contribution in [0.15, 0.2) is 41.3 Å². The molecule has 0 bridgehead atoms. The van der Waals surface area contributed by atoms with Gasteiger partial charge in [0.2, 0.25) is 5.95 Å². The number of hydrogen-bond acceptors (Lipinski definition) is 6. The fourth-order valence-electron chi connectivity index (χ4n) is 3.95. The van der Waals surface area contributed by atoms with Crippen molar-refractivity contribution in [2.24, 2.45) is 5.73 Å². The van der Waals surface area contributed by atoms with E-state index in [0.29, 0.717) is 29.7 Å². The van der Waals surface area contributed by atoms with Crippen molar-refractivity contribution in [1.82, 2.24) is 14.1 Å². The molecular formula is C21H25N5O3. The third-order valence-electron chi connectivity index (χ3n) is 5.39. The molecular weight excluding hydrogens is 370 g/mol. The number of carbonyl (C=O) groups excluding carboxylic acids is 1. The van der Waals surface area contributed by atoms with Crippen LogP contribution in [0.1, 0.15) is 30.1 Å². The van der Waals surface area contributed by atoms with Gasteiger partial charge in [-0.15, -0.1) is 0 Å². The largest absolute Gasteiger partial charge is 0.508 e. The van der Waals surface area contributed by atoms with E-state index < -0.39 is 0 Å². The summed E-state index contributed by atoms with van der Waals surface area (Å²) in [7, 11) is 0. The molecule has 0 spiro atoms. The standard InChI is InChI=1S/C21H25N5O3/c1-2-26-19-17(23-21(26)25-9-4-6-15(22)12-25)8-10-24(20(19)29)13-18(28)14-5-3-7-16(27)11-14/h3,5,7-8,10-11,15,27H,2,4,6,9,12-13,22H2,1H3. The van der Waals surface area contributed by atoms with Gasteiger partial charge in [0.05, 0.1) is 12.1 Å². The van der Waals surface area contributed by atoms with E-state index in [1.54, 1.807) is 24.4 Å². The number of aromatic hydroxyl groups is 1. The lowest BCUT2D eigenvalue weighted by atomic mass is 10.1. The number of piperidine rings is 1. The predicted molar refractivity (Wildman–Crippen MR) is 112 cm³/mol. The molecule has 1 aliphatic rings. The number of carbonyl (C=O) groups is 1. The fourth-order valence-corrected chi connectivity index (χ4v) is 3.95. The number of imidazole rings is 1. The summed E-state index contributed by atoms with van der Waals surface area (Å²) in [4.78, 5) is 32.6. The van der Waals surface area contributed by atoms with Gasteiger partial charge in [0.1, 0.15) is 11.3 Å². The van der Waals surface area contributed by atoms with E-state index in [1.165, 1.54) is 16.7 Å². The number of ketones is 1. The average Bonchev–Trinajstić information content (AvgIpc) is 3.09. The Hall–Kier alpha value is -3.13. The van der Waals surface area contributed by atoms with E-state index in [1.807, 2.05) is 11.5 Å². The highest BCUT2D eigenvalue weighted by molar-refractivity contribution is 5.96. The Morgan fingerprint density at radius 3 is 2.90 bits per heavy atom. The number of hydrogen-bond donors (Lipinski definition) is 2. The first-order chi connectivity index (χ1) is 14.0. The minimum absolute atomic E-state index is 0.0205. The summed E-state index contributed by atoms with van der Waals surface area (Å²) in [5.74, 6) is 0.533. The first-order valence-electron chi connectivity index (χ1n) is 9.90. The van der Waals surface area contributed by atoms with Crippen molar-refractivity contribution in [3.63, 3.8) is 0 Å². The van der Waals surface area contributed by atoms with Gasteiger partial charge in [-0.25, -0.2) is 4.98 Å². The highest BCUT2D eigenvalue weighted by Gasteiger charge is 2.23. The minimum atomic E-state index is -0.252. The topological polar surface area (TPSA) is 106 Å². The van der Waals surface area contributed by atoms with E-state index in [-0.39, 0.29) is 29.7 Å². The summed E-state index contributed by atoms with van der Waals surface area (Å²) in [6, 6.07) is 8.01. The predicted octanol–water partition coefficient (Wildman–Crippen LogP) is 1.73. The van der Waals surface area contributed by atoms with E-state index >= 15 is 0 Å². The maximum absolute atomic E-state index is 13.2. The number of pyridine rings is 1. The van der Waals surface area contributed by atoms with Gasteiger partial charge in [0.15, 0.2) is 5.78 Å². The van der Waals surface area contributed by atoms with Gasteiger partial charge in [-0.1, -0.05) is 12.1 Å². The molecule has 0 amide bonds. The molecule has 1 aromatic carbocycles. The molecule has 1 fully saturated rings. The van der Waals surface area contributed by atoms with Gasteiger partial charge in [-0.2, -0.15) is 0 Å². The molecule has 1 atom stereocenters. The van der Waals surface area contributed by atoms with Gasteiger partial charge in [-0.3, -0.25) is 9.59 Å². The zero-order valence-corrected chi connectivity index (χ0v) is 16.4. The number of benzene rings is 1. The average molecular weight is 395 g/mol. The van der Waals surface area contributed by atoms with Crippen molar-refractivity contribution in [2.75, 3.05) is 18.0 Å². The minimum Gasteiger partial charge on any atom is -0.508 e. The van der Waals surface area contributed by atoms with Crippen LogP contribution in [0.25, 0.3) is 11.0 Å². The van der Waals surface area contributed by atoms with Crippen molar-refractivity contribution in [3.05, 3.63) is 52.4 Å². The van der Waals surface area contributed by atoms with Gasteiger partial charge in [-0.05, 0) is 38.0 Å². The molecule has 8 nitrogen and oxygen atoms in total. The molecule has 1 saturated heterocycles. The van der Waals surface area contributed by atoms with Crippen LogP contribution in [0.4, 0.5) is 5.95 Å². The molecule has 3 aromatic rings. The van der Waals surface area contributed by atoms with E-state index in [4.69, 9.17) is 10.7 Å². The molecule has 152 valence electrons. The van der Waals surface area contributed by atoms with Crippen LogP contribution in [0.3, 0.4) is 0 Å². The number of aromatic nitrogens is 3. The number of fused-ring (bicyclic) bond motifs is 1. The Bertz CT molecular complexity index is 1120. The molecule has 1 unspecified atom stereocenters. The van der Waals surface area contributed by atoms with E-state index in [0.717, 1.165) is 25.3 Å². The molecule has 0 saturated carbocycles. The Kier molecular flexibility index (Phi) is 5.10. The highest BCUT2D eigenvalue weighted by atomic mass is 16.3. The van der Waals surface area contributed by atoms with E-state index in [2.05, 4.69) is 4.90 Å². The Morgan fingerprint density at radius 2 is 2.17 bits per heavy atom. The third-order valence-corrected chi connectivity index (χ3v) is 5.39. The highest BCUT2D eigenvalue weighted by Crippen LogP contribution is 2.23. The third kappa shape index (κ3) is 3.63. The summed E-state index contributed by atoms with van der Waals surface area (Å²) < 4.78 is 3.30. The molecule has 3 heterocycles. The first-order valence-corrected chi connectivity index (χ1v) is 9.90. The molecule has 4 rings (SSSR count). The van der Waals surface area contributed by atoms with Crippen LogP contribution >= 0.6 is 0 Å². The maximum atomic E-state index is 13.2. The number of aryl methyl sites for hydroxylation is 1. The summed E-state index contributed by atoms with van der Waals surface area (Å²) in [6.45, 7) is 4.05. The summed E-state index contributed by atoms with van der Waals surface area (Å²) in [6.07, 6.45) is 3.59. The quantitative estimate of drug-likeness (QED) is 0.638. The van der Waals surface area contributed by atoms with Crippen molar-refractivity contribution in [3.8, 4) is 5.75 Å². The van der Waals surface area contributed by atoms with Crippen molar-refractivity contribution < 1.29 is 9.90 Å². The van der Waals surface area contributed by atoms with Crippen molar-refractivity contribution in [2.45, 2.75) is 38.9 Å².